The van der Waals surface area contributed by atoms with E-state index >= 15 is 0 Å². The molecule has 0 spiro atoms. The number of hydrogen-bond donors (Lipinski definition) is 1. The van der Waals surface area contributed by atoms with Gasteiger partial charge in [-0.25, -0.2) is 4.98 Å². The van der Waals surface area contributed by atoms with E-state index in [2.05, 4.69) is 50.2 Å². The third-order valence-electron chi connectivity index (χ3n) is 5.71. The summed E-state index contributed by atoms with van der Waals surface area (Å²) in [6.07, 6.45) is 8.07. The van der Waals surface area contributed by atoms with Crippen LogP contribution in [0.5, 0.6) is 0 Å². The van der Waals surface area contributed by atoms with Crippen LogP contribution in [0.1, 0.15) is 35.9 Å². The molecule has 5 heteroatoms. The summed E-state index contributed by atoms with van der Waals surface area (Å²) in [5.41, 5.74) is 3.31. The van der Waals surface area contributed by atoms with Gasteiger partial charge in [0.05, 0.1) is 18.3 Å². The molecule has 1 saturated carbocycles. The number of imidazole rings is 1. The Hall–Kier alpha value is -3.47. The predicted molar refractivity (Wildman–Crippen MR) is 114 cm³/mol. The molecule has 4 aromatic rings. The van der Waals surface area contributed by atoms with Crippen LogP contribution in [-0.2, 0) is 11.2 Å². The number of carbonyl (C=O) groups is 1. The molecule has 5 rings (SSSR count). The molecule has 2 heterocycles. The third kappa shape index (κ3) is 3.76. The number of amides is 1. The lowest BCUT2D eigenvalue weighted by molar-refractivity contribution is -0.115. The molecular weight excluding hydrogens is 360 g/mol. The minimum absolute atomic E-state index is 0.0609. The van der Waals surface area contributed by atoms with Crippen LogP contribution in [0.4, 0.5) is 5.82 Å². The number of pyridine rings is 1. The minimum Gasteiger partial charge on any atom is -0.332 e. The first-order valence-electron chi connectivity index (χ1n) is 9.96. The molecule has 1 N–H and O–H groups in total. The summed E-state index contributed by atoms with van der Waals surface area (Å²) in [6, 6.07) is 20.9. The molecule has 1 aliphatic carbocycles. The number of hydrogen-bond acceptors (Lipinski definition) is 3. The highest BCUT2D eigenvalue weighted by molar-refractivity contribution is 5.92. The Balaban J connectivity index is 1.18. The second-order valence-corrected chi connectivity index (χ2v) is 7.69. The zero-order chi connectivity index (χ0) is 19.6. The van der Waals surface area contributed by atoms with Gasteiger partial charge in [0.25, 0.3) is 0 Å². The monoisotopic (exact) mass is 382 g/mol. The van der Waals surface area contributed by atoms with Crippen molar-refractivity contribution in [2.75, 3.05) is 5.32 Å². The Kier molecular flexibility index (Phi) is 4.56. The molecule has 0 unspecified atom stereocenters. The van der Waals surface area contributed by atoms with Gasteiger partial charge < -0.3 is 9.88 Å². The lowest BCUT2D eigenvalue weighted by atomic mass is 9.76. The largest absolute Gasteiger partial charge is 0.332 e. The normalized spacial score (nSPS) is 18.3. The van der Waals surface area contributed by atoms with E-state index in [-0.39, 0.29) is 5.91 Å². The summed E-state index contributed by atoms with van der Waals surface area (Å²) in [6.45, 7) is 0. The van der Waals surface area contributed by atoms with Crippen molar-refractivity contribution in [1.82, 2.24) is 14.5 Å². The van der Waals surface area contributed by atoms with Crippen molar-refractivity contribution in [3.63, 3.8) is 0 Å². The zero-order valence-electron chi connectivity index (χ0n) is 16.0. The molecule has 0 atom stereocenters. The fourth-order valence-corrected chi connectivity index (χ4v) is 4.04. The summed E-state index contributed by atoms with van der Waals surface area (Å²) in [4.78, 5) is 21.1. The van der Waals surface area contributed by atoms with Crippen LogP contribution in [0.2, 0.25) is 0 Å². The van der Waals surface area contributed by atoms with Gasteiger partial charge in [-0.05, 0) is 48.1 Å². The summed E-state index contributed by atoms with van der Waals surface area (Å²) in [5, 5.41) is 3.96. The molecule has 5 nitrogen and oxygen atoms in total. The number of carbonyl (C=O) groups excluding carboxylic acids is 1. The summed E-state index contributed by atoms with van der Waals surface area (Å²) in [7, 11) is 0. The molecule has 144 valence electrons. The van der Waals surface area contributed by atoms with E-state index in [9.17, 15) is 4.79 Å². The quantitative estimate of drug-likeness (QED) is 0.543. The highest BCUT2D eigenvalue weighted by atomic mass is 16.1. The average molecular weight is 382 g/mol. The second kappa shape index (κ2) is 7.51. The lowest BCUT2D eigenvalue weighted by Gasteiger charge is -2.36. The molecular formula is C24H22N4O. The van der Waals surface area contributed by atoms with E-state index in [0.29, 0.717) is 24.2 Å². The van der Waals surface area contributed by atoms with Crippen molar-refractivity contribution in [3.8, 4) is 0 Å². The SMILES string of the molecule is O=C(Cc1ccc2ncccc2c1)Nc1cn([C@H]2C[C@@H](c3ccccc3)C2)cn1. The summed E-state index contributed by atoms with van der Waals surface area (Å²) < 4.78 is 2.12. The average Bonchev–Trinajstić information content (AvgIpc) is 3.15. The van der Waals surface area contributed by atoms with Gasteiger partial charge in [0.15, 0.2) is 5.82 Å². The molecule has 1 aliphatic rings. The van der Waals surface area contributed by atoms with Gasteiger partial charge in [0, 0.05) is 23.8 Å². The number of rotatable bonds is 5. The predicted octanol–water partition coefficient (Wildman–Crippen LogP) is 4.73. The van der Waals surface area contributed by atoms with Gasteiger partial charge in [0.2, 0.25) is 5.91 Å². The number of nitrogens with one attached hydrogen (secondary N) is 1. The molecule has 1 amide bonds. The molecule has 0 bridgehead atoms. The maximum absolute atomic E-state index is 12.4. The maximum atomic E-state index is 12.4. The third-order valence-corrected chi connectivity index (χ3v) is 5.71. The Morgan fingerprint density at radius 1 is 1.03 bits per heavy atom. The van der Waals surface area contributed by atoms with Crippen molar-refractivity contribution in [1.29, 1.82) is 0 Å². The smallest absolute Gasteiger partial charge is 0.229 e. The molecule has 2 aromatic heterocycles. The van der Waals surface area contributed by atoms with Crippen molar-refractivity contribution in [2.24, 2.45) is 0 Å². The first-order chi connectivity index (χ1) is 14.2. The highest BCUT2D eigenvalue weighted by Crippen LogP contribution is 2.44. The first-order valence-corrected chi connectivity index (χ1v) is 9.96. The van der Waals surface area contributed by atoms with Gasteiger partial charge >= 0.3 is 0 Å². The Bertz CT molecular complexity index is 1150. The van der Waals surface area contributed by atoms with Crippen LogP contribution in [0.3, 0.4) is 0 Å². The van der Waals surface area contributed by atoms with Crippen LogP contribution in [0.25, 0.3) is 10.9 Å². The molecule has 29 heavy (non-hydrogen) atoms. The van der Waals surface area contributed by atoms with E-state index in [1.165, 1.54) is 5.56 Å². The van der Waals surface area contributed by atoms with Crippen molar-refractivity contribution < 1.29 is 4.79 Å². The van der Waals surface area contributed by atoms with Crippen LogP contribution in [-0.4, -0.2) is 20.4 Å². The fourth-order valence-electron chi connectivity index (χ4n) is 4.04. The topological polar surface area (TPSA) is 59.8 Å². The fraction of sp³-hybridized carbons (Fsp3) is 0.208. The van der Waals surface area contributed by atoms with Gasteiger partial charge in [-0.3, -0.25) is 9.78 Å². The second-order valence-electron chi connectivity index (χ2n) is 7.69. The van der Waals surface area contributed by atoms with Crippen LogP contribution in [0.15, 0.2) is 79.4 Å². The zero-order valence-corrected chi connectivity index (χ0v) is 16.0. The molecule has 2 aromatic carbocycles. The van der Waals surface area contributed by atoms with Crippen LogP contribution < -0.4 is 5.32 Å². The Morgan fingerprint density at radius 2 is 1.90 bits per heavy atom. The summed E-state index contributed by atoms with van der Waals surface area (Å²) in [5.74, 6) is 1.17. The standard InChI is InChI=1S/C24H22N4O/c29-24(12-17-8-9-22-19(11-17)7-4-10-25-22)27-23-15-28(16-26-23)21-13-20(14-21)18-5-2-1-3-6-18/h1-11,15-16,20-21H,12-14H2,(H,27,29)/t20-,21+. The number of benzene rings is 2. The van der Waals surface area contributed by atoms with Gasteiger partial charge in [0.1, 0.15) is 0 Å². The minimum atomic E-state index is -0.0609. The highest BCUT2D eigenvalue weighted by Gasteiger charge is 2.31. The number of anilines is 1. The molecule has 1 fully saturated rings. The molecule has 0 radical (unpaired) electrons. The Labute approximate surface area is 169 Å². The number of nitrogens with zero attached hydrogens (tertiary/aromatic N) is 3. The van der Waals surface area contributed by atoms with Crippen LogP contribution in [0, 0.1) is 0 Å². The summed E-state index contributed by atoms with van der Waals surface area (Å²) >= 11 is 0. The maximum Gasteiger partial charge on any atom is 0.229 e. The first kappa shape index (κ1) is 17.6. The molecule has 0 aliphatic heterocycles. The van der Waals surface area contributed by atoms with E-state index in [0.717, 1.165) is 29.3 Å². The van der Waals surface area contributed by atoms with E-state index in [1.807, 2.05) is 42.9 Å². The Morgan fingerprint density at radius 3 is 2.76 bits per heavy atom. The van der Waals surface area contributed by atoms with Crippen molar-refractivity contribution in [3.05, 3.63) is 90.5 Å². The van der Waals surface area contributed by atoms with Gasteiger partial charge in [-0.2, -0.15) is 0 Å². The number of fused-ring (bicyclic) bond motifs is 1. The van der Waals surface area contributed by atoms with E-state index in [4.69, 9.17) is 0 Å². The van der Waals surface area contributed by atoms with Crippen LogP contribution >= 0.6 is 0 Å². The van der Waals surface area contributed by atoms with Crippen molar-refractivity contribution >= 4 is 22.6 Å². The lowest BCUT2D eigenvalue weighted by Crippen LogP contribution is -2.24. The molecule has 0 saturated heterocycles. The van der Waals surface area contributed by atoms with Gasteiger partial charge in [-0.1, -0.05) is 42.5 Å². The number of aromatic nitrogens is 3. The van der Waals surface area contributed by atoms with E-state index in [1.54, 1.807) is 6.20 Å². The van der Waals surface area contributed by atoms with Gasteiger partial charge in [-0.15, -0.1) is 0 Å². The van der Waals surface area contributed by atoms with Crippen molar-refractivity contribution in [2.45, 2.75) is 31.2 Å². The van der Waals surface area contributed by atoms with E-state index < -0.39 is 0 Å².